The van der Waals surface area contributed by atoms with Crippen molar-refractivity contribution in [3.63, 3.8) is 0 Å². The Morgan fingerprint density at radius 2 is 2.00 bits per heavy atom. The van der Waals surface area contributed by atoms with Gasteiger partial charge in [-0.1, -0.05) is 30.7 Å². The summed E-state index contributed by atoms with van der Waals surface area (Å²) in [4.78, 5) is 17.4. The van der Waals surface area contributed by atoms with Crippen LogP contribution in [0.4, 0.5) is 17.7 Å². The number of hydrogen-bond acceptors (Lipinski definition) is 8. The van der Waals surface area contributed by atoms with Crippen molar-refractivity contribution in [1.82, 2.24) is 34.1 Å². The molecule has 0 aliphatic carbocycles. The second kappa shape index (κ2) is 7.65. The highest BCUT2D eigenvalue weighted by Crippen LogP contribution is 2.34. The second-order valence-electron chi connectivity index (χ2n) is 7.62. The van der Waals surface area contributed by atoms with E-state index >= 15 is 0 Å². The Kier molecular flexibility index (Phi) is 4.78. The summed E-state index contributed by atoms with van der Waals surface area (Å²) in [5, 5.41) is 9.55. The first kappa shape index (κ1) is 20.0. The van der Waals surface area contributed by atoms with Crippen LogP contribution in [0.15, 0.2) is 42.9 Å². The van der Waals surface area contributed by atoms with E-state index in [-0.39, 0.29) is 17.8 Å². The number of fused-ring (bicyclic) bond motifs is 2. The molecule has 0 saturated carbocycles. The molecule has 5 aromatic rings. The third kappa shape index (κ3) is 3.54. The molecule has 0 aliphatic heterocycles. The van der Waals surface area contributed by atoms with Crippen LogP contribution in [-0.4, -0.2) is 34.1 Å². The number of aromatic nitrogens is 7. The van der Waals surface area contributed by atoms with Gasteiger partial charge in [-0.25, -0.2) is 9.97 Å². The third-order valence-electron chi connectivity index (χ3n) is 5.32. The molecule has 0 aliphatic rings. The molecule has 1 atom stereocenters. The maximum Gasteiger partial charge on any atom is 0.226 e. The van der Waals surface area contributed by atoms with Crippen LogP contribution in [0.1, 0.15) is 29.8 Å². The molecule has 162 valence electrons. The summed E-state index contributed by atoms with van der Waals surface area (Å²) in [5.41, 5.74) is 15.6. The maximum absolute atomic E-state index is 6.42. The van der Waals surface area contributed by atoms with Crippen LogP contribution in [0.5, 0.6) is 0 Å². The number of aryl methyl sites for hydroxylation is 1. The summed E-state index contributed by atoms with van der Waals surface area (Å²) in [6.45, 7) is 2.57. The fraction of sp³-hybridized carbons (Fsp3) is 0.190. The molecule has 0 amide bonds. The number of anilines is 3. The standard InChI is InChI=1S/C21H21ClN10/c1-11(16-7-17-27-20(23)29-21(24)32(17)30-16)14-6-12-4-3-5-15(22)18(12)28-19(14)25-8-13-9-31(2)10-26-13/h3-7,9-11H,8H2,1-2H3,(H,25,28)(H4,23,24,27,29). The number of pyridine rings is 1. The molecule has 5 N–H and O–H groups in total. The van der Waals surface area contributed by atoms with Crippen LogP contribution < -0.4 is 16.8 Å². The SMILES string of the molecule is CC(c1cc2nc(N)nc(N)n2n1)c1cc2cccc(Cl)c2nc1NCc1cn(C)cn1. The number of halogens is 1. The maximum atomic E-state index is 6.42. The number of rotatable bonds is 5. The van der Waals surface area contributed by atoms with E-state index in [0.29, 0.717) is 23.0 Å². The van der Waals surface area contributed by atoms with Crippen molar-refractivity contribution in [3.8, 4) is 0 Å². The quantitative estimate of drug-likeness (QED) is 0.373. The minimum absolute atomic E-state index is 0.105. The minimum atomic E-state index is -0.126. The van der Waals surface area contributed by atoms with Gasteiger partial charge < -0.3 is 21.4 Å². The fourth-order valence-electron chi connectivity index (χ4n) is 3.70. The van der Waals surface area contributed by atoms with Crippen LogP contribution in [-0.2, 0) is 13.6 Å². The Labute approximate surface area is 188 Å². The Bertz CT molecular complexity index is 1450. The van der Waals surface area contributed by atoms with E-state index in [1.54, 1.807) is 6.33 Å². The van der Waals surface area contributed by atoms with Gasteiger partial charge in [0.05, 0.1) is 34.8 Å². The van der Waals surface area contributed by atoms with Gasteiger partial charge in [-0.05, 0) is 12.1 Å². The van der Waals surface area contributed by atoms with Crippen LogP contribution in [0.25, 0.3) is 16.6 Å². The Hall–Kier alpha value is -3.92. The van der Waals surface area contributed by atoms with Gasteiger partial charge in [0, 0.05) is 36.2 Å². The fourth-order valence-corrected chi connectivity index (χ4v) is 3.92. The molecular weight excluding hydrogens is 428 g/mol. The third-order valence-corrected chi connectivity index (χ3v) is 5.62. The van der Waals surface area contributed by atoms with Crippen molar-refractivity contribution in [2.75, 3.05) is 16.8 Å². The van der Waals surface area contributed by atoms with E-state index in [9.17, 15) is 0 Å². The molecule has 4 aromatic heterocycles. The average Bonchev–Trinajstić information content (AvgIpc) is 3.38. The molecule has 1 aromatic carbocycles. The number of para-hydroxylation sites is 1. The monoisotopic (exact) mass is 448 g/mol. The molecule has 0 radical (unpaired) electrons. The number of nitrogens with two attached hydrogens (primary N) is 2. The number of nitrogen functional groups attached to an aromatic ring is 2. The molecule has 10 nitrogen and oxygen atoms in total. The molecular formula is C21H21ClN10. The van der Waals surface area contributed by atoms with Gasteiger partial charge in [-0.2, -0.15) is 19.6 Å². The molecule has 0 fully saturated rings. The van der Waals surface area contributed by atoms with Crippen molar-refractivity contribution in [2.24, 2.45) is 7.05 Å². The van der Waals surface area contributed by atoms with Crippen molar-refractivity contribution < 1.29 is 0 Å². The molecule has 1 unspecified atom stereocenters. The Morgan fingerprint density at radius 3 is 2.78 bits per heavy atom. The Balaban J connectivity index is 1.60. The van der Waals surface area contributed by atoms with E-state index in [4.69, 9.17) is 28.1 Å². The van der Waals surface area contributed by atoms with Gasteiger partial charge in [-0.15, -0.1) is 0 Å². The molecule has 0 saturated heterocycles. The number of nitrogens with one attached hydrogen (secondary N) is 1. The molecule has 11 heteroatoms. The first-order valence-corrected chi connectivity index (χ1v) is 10.4. The average molecular weight is 449 g/mol. The normalized spacial score (nSPS) is 12.5. The summed E-state index contributed by atoms with van der Waals surface area (Å²) in [6, 6.07) is 9.65. The van der Waals surface area contributed by atoms with Crippen molar-refractivity contribution in [3.05, 3.63) is 64.8 Å². The van der Waals surface area contributed by atoms with Gasteiger partial charge in [0.1, 0.15) is 5.82 Å². The summed E-state index contributed by atoms with van der Waals surface area (Å²) in [5.74, 6) is 0.871. The zero-order valence-corrected chi connectivity index (χ0v) is 18.2. The van der Waals surface area contributed by atoms with Crippen LogP contribution in [0.3, 0.4) is 0 Å². The number of nitrogens with zero attached hydrogens (tertiary/aromatic N) is 7. The lowest BCUT2D eigenvalue weighted by atomic mass is 9.96. The highest BCUT2D eigenvalue weighted by molar-refractivity contribution is 6.35. The molecule has 0 spiro atoms. The molecule has 5 rings (SSSR count). The number of imidazole rings is 1. The molecule has 4 heterocycles. The summed E-state index contributed by atoms with van der Waals surface area (Å²) in [7, 11) is 1.93. The zero-order valence-electron chi connectivity index (χ0n) is 17.5. The largest absolute Gasteiger partial charge is 0.368 e. The first-order valence-electron chi connectivity index (χ1n) is 9.97. The smallest absolute Gasteiger partial charge is 0.226 e. The number of benzene rings is 1. The lowest BCUT2D eigenvalue weighted by molar-refractivity contribution is 0.812. The highest BCUT2D eigenvalue weighted by atomic mass is 35.5. The second-order valence-corrected chi connectivity index (χ2v) is 8.03. The first-order chi connectivity index (χ1) is 15.4. The topological polar surface area (TPSA) is 138 Å². The van der Waals surface area contributed by atoms with Crippen LogP contribution in [0.2, 0.25) is 5.02 Å². The predicted molar refractivity (Wildman–Crippen MR) is 124 cm³/mol. The van der Waals surface area contributed by atoms with Crippen molar-refractivity contribution in [1.29, 1.82) is 0 Å². The van der Waals surface area contributed by atoms with Gasteiger partial charge >= 0.3 is 0 Å². The van der Waals surface area contributed by atoms with Gasteiger partial charge in [-0.3, -0.25) is 0 Å². The lowest BCUT2D eigenvalue weighted by Gasteiger charge is -2.17. The molecule has 32 heavy (non-hydrogen) atoms. The van der Waals surface area contributed by atoms with Crippen molar-refractivity contribution in [2.45, 2.75) is 19.4 Å². The van der Waals surface area contributed by atoms with Crippen molar-refractivity contribution >= 4 is 45.9 Å². The lowest BCUT2D eigenvalue weighted by Crippen LogP contribution is -2.09. The van der Waals surface area contributed by atoms with Gasteiger partial charge in [0.25, 0.3) is 0 Å². The molecule has 0 bridgehead atoms. The van der Waals surface area contributed by atoms with E-state index in [1.165, 1.54) is 4.52 Å². The minimum Gasteiger partial charge on any atom is -0.368 e. The van der Waals surface area contributed by atoms with E-state index in [0.717, 1.165) is 27.9 Å². The highest BCUT2D eigenvalue weighted by Gasteiger charge is 2.20. The van der Waals surface area contributed by atoms with Crippen LogP contribution in [0, 0.1) is 0 Å². The summed E-state index contributed by atoms with van der Waals surface area (Å²) < 4.78 is 3.38. The summed E-state index contributed by atoms with van der Waals surface area (Å²) in [6.07, 6.45) is 3.72. The van der Waals surface area contributed by atoms with Gasteiger partial charge in [0.15, 0.2) is 5.65 Å². The van der Waals surface area contributed by atoms with E-state index in [1.807, 2.05) is 49.0 Å². The predicted octanol–water partition coefficient (Wildman–Crippen LogP) is 2.99. The van der Waals surface area contributed by atoms with Gasteiger partial charge in [0.2, 0.25) is 11.9 Å². The van der Waals surface area contributed by atoms with Crippen LogP contribution >= 0.6 is 11.6 Å². The summed E-state index contributed by atoms with van der Waals surface area (Å²) >= 11 is 6.42. The van der Waals surface area contributed by atoms with E-state index in [2.05, 4.69) is 31.4 Å². The zero-order chi connectivity index (χ0) is 22.4. The number of hydrogen-bond donors (Lipinski definition) is 3. The van der Waals surface area contributed by atoms with E-state index < -0.39 is 0 Å². The Morgan fingerprint density at radius 1 is 1.16 bits per heavy atom.